The van der Waals surface area contributed by atoms with Gasteiger partial charge in [0, 0.05) is 6.54 Å². The number of hydrogen-bond donors (Lipinski definition) is 7. The number of hydrogen-bond acceptors (Lipinski definition) is 6. The summed E-state index contributed by atoms with van der Waals surface area (Å²) in [6, 6.07) is -3.32. The molecule has 0 aliphatic heterocycles. The van der Waals surface area contributed by atoms with Crippen LogP contribution in [0.5, 0.6) is 0 Å². The van der Waals surface area contributed by atoms with Gasteiger partial charge in [-0.3, -0.25) is 14.6 Å². The lowest BCUT2D eigenvalue weighted by molar-refractivity contribution is -0.143. The van der Waals surface area contributed by atoms with E-state index < -0.39 is 42.5 Å². The van der Waals surface area contributed by atoms with Crippen molar-refractivity contribution in [2.24, 2.45) is 28.1 Å². The van der Waals surface area contributed by atoms with E-state index in [1.165, 1.54) is 0 Å². The molecule has 2 amide bonds. The van der Waals surface area contributed by atoms with Crippen LogP contribution < -0.4 is 27.8 Å². The van der Waals surface area contributed by atoms with E-state index in [9.17, 15) is 14.4 Å². The summed E-state index contributed by atoms with van der Waals surface area (Å²) < 4.78 is 0. The molecule has 3 unspecified atom stereocenters. The van der Waals surface area contributed by atoms with E-state index in [2.05, 4.69) is 15.6 Å². The molecule has 0 rings (SSSR count). The van der Waals surface area contributed by atoms with Crippen molar-refractivity contribution in [1.82, 2.24) is 10.6 Å². The van der Waals surface area contributed by atoms with Gasteiger partial charge in [0.15, 0.2) is 5.96 Å². The zero-order valence-electron chi connectivity index (χ0n) is 14.4. The van der Waals surface area contributed by atoms with Crippen LogP contribution >= 0.6 is 0 Å². The largest absolute Gasteiger partial charge is 0.480 e. The molecule has 11 nitrogen and oxygen atoms in total. The number of guanidine groups is 1. The number of aliphatic hydroxyl groups is 1. The van der Waals surface area contributed by atoms with Crippen LogP contribution in [-0.4, -0.2) is 65.2 Å². The monoisotopic (exact) mass is 360 g/mol. The highest BCUT2D eigenvalue weighted by Crippen LogP contribution is 2.05. The number of rotatable bonds is 11. The third kappa shape index (κ3) is 8.86. The summed E-state index contributed by atoms with van der Waals surface area (Å²) in [4.78, 5) is 39.2. The Morgan fingerprint density at radius 1 is 1.12 bits per heavy atom. The molecule has 11 heteroatoms. The lowest BCUT2D eigenvalue weighted by atomic mass is 10.0. The topological polar surface area (TPSA) is 206 Å². The highest BCUT2D eigenvalue weighted by atomic mass is 16.4. The van der Waals surface area contributed by atoms with Gasteiger partial charge < -0.3 is 38.0 Å². The Bertz CT molecular complexity index is 492. The average Bonchev–Trinajstić information content (AvgIpc) is 2.53. The summed E-state index contributed by atoms with van der Waals surface area (Å²) in [6.07, 6.45) is 0.529. The quantitative estimate of drug-likeness (QED) is 0.115. The number of nitrogens with zero attached hydrogens (tertiary/aromatic N) is 1. The molecule has 10 N–H and O–H groups in total. The minimum absolute atomic E-state index is 0.0990. The molecule has 0 spiro atoms. The van der Waals surface area contributed by atoms with Gasteiger partial charge in [-0.15, -0.1) is 0 Å². The van der Waals surface area contributed by atoms with Crippen molar-refractivity contribution in [3.05, 3.63) is 0 Å². The van der Waals surface area contributed by atoms with E-state index >= 15 is 0 Å². The van der Waals surface area contributed by atoms with E-state index in [0.717, 1.165) is 0 Å². The van der Waals surface area contributed by atoms with Gasteiger partial charge in [0.2, 0.25) is 11.8 Å². The second-order valence-electron chi connectivity index (χ2n) is 5.87. The Labute approximate surface area is 146 Å². The average molecular weight is 360 g/mol. The second-order valence-corrected chi connectivity index (χ2v) is 5.87. The molecule has 0 fully saturated rings. The number of amides is 2. The highest BCUT2D eigenvalue weighted by molar-refractivity contribution is 5.91. The molecule has 0 aliphatic rings. The Morgan fingerprint density at radius 2 is 1.72 bits per heavy atom. The Kier molecular flexibility index (Phi) is 10.1. The van der Waals surface area contributed by atoms with Crippen molar-refractivity contribution >= 4 is 23.7 Å². The molecule has 3 atom stereocenters. The van der Waals surface area contributed by atoms with Crippen LogP contribution in [0.4, 0.5) is 0 Å². The highest BCUT2D eigenvalue weighted by Gasteiger charge is 2.29. The van der Waals surface area contributed by atoms with Gasteiger partial charge in [0.05, 0.1) is 6.61 Å². The first-order valence-corrected chi connectivity index (χ1v) is 7.85. The van der Waals surface area contributed by atoms with E-state index in [-0.39, 0.29) is 24.8 Å². The lowest BCUT2D eigenvalue weighted by Gasteiger charge is -2.24. The third-order valence-corrected chi connectivity index (χ3v) is 3.34. The molecule has 0 saturated carbocycles. The summed E-state index contributed by atoms with van der Waals surface area (Å²) in [5.74, 6) is -3.01. The first-order chi connectivity index (χ1) is 11.6. The predicted molar refractivity (Wildman–Crippen MR) is 91.3 cm³/mol. The van der Waals surface area contributed by atoms with Crippen molar-refractivity contribution in [2.75, 3.05) is 13.2 Å². The van der Waals surface area contributed by atoms with Crippen molar-refractivity contribution in [3.63, 3.8) is 0 Å². The Hall–Kier alpha value is -2.40. The van der Waals surface area contributed by atoms with Gasteiger partial charge in [-0.05, 0) is 18.8 Å². The van der Waals surface area contributed by atoms with E-state index in [1.54, 1.807) is 13.8 Å². The molecule has 0 radical (unpaired) electrons. The van der Waals surface area contributed by atoms with Crippen LogP contribution in [0, 0.1) is 5.92 Å². The summed E-state index contributed by atoms with van der Waals surface area (Å²) >= 11 is 0. The van der Waals surface area contributed by atoms with Gasteiger partial charge in [-0.25, -0.2) is 4.79 Å². The number of carbonyl (C=O) groups excluding carboxylic acids is 2. The molecule has 0 aromatic carbocycles. The first kappa shape index (κ1) is 22.6. The first-order valence-electron chi connectivity index (χ1n) is 7.85. The maximum atomic E-state index is 12.4. The van der Waals surface area contributed by atoms with E-state index in [0.29, 0.717) is 6.42 Å². The second kappa shape index (κ2) is 11.2. The fourth-order valence-corrected chi connectivity index (χ4v) is 1.90. The molecule has 0 bridgehead atoms. The van der Waals surface area contributed by atoms with Crippen LogP contribution in [0.2, 0.25) is 0 Å². The maximum Gasteiger partial charge on any atom is 0.326 e. The molecular formula is C14H28N6O5. The minimum Gasteiger partial charge on any atom is -0.480 e. The van der Waals surface area contributed by atoms with Gasteiger partial charge >= 0.3 is 5.97 Å². The van der Waals surface area contributed by atoms with Crippen molar-refractivity contribution in [2.45, 2.75) is 44.8 Å². The number of nitrogens with one attached hydrogen (secondary N) is 2. The molecule has 144 valence electrons. The molecule has 0 aliphatic carbocycles. The molecule has 0 aromatic rings. The fraction of sp³-hybridized carbons (Fsp3) is 0.714. The number of aliphatic imine (C=N–C) groups is 1. The third-order valence-electron chi connectivity index (χ3n) is 3.34. The standard InChI is InChI=1S/C14H28N6O5/c1-7(2)10(13(24)25)20-12(23)9(4-3-5-18-14(16)17)19-11(22)8(15)6-21/h7-10,21H,3-6,15H2,1-2H3,(H,19,22)(H,20,23)(H,24,25)(H4,16,17,18). The van der Waals surface area contributed by atoms with Gasteiger partial charge in [0.25, 0.3) is 0 Å². The molecule has 0 saturated heterocycles. The van der Waals surface area contributed by atoms with Crippen molar-refractivity contribution < 1.29 is 24.6 Å². The smallest absolute Gasteiger partial charge is 0.326 e. The molecule has 25 heavy (non-hydrogen) atoms. The lowest BCUT2D eigenvalue weighted by Crippen LogP contribution is -2.55. The maximum absolute atomic E-state index is 12.4. The number of aliphatic hydroxyl groups excluding tert-OH is 1. The SMILES string of the molecule is CC(C)C(NC(=O)C(CCCN=C(N)N)NC(=O)C(N)CO)C(=O)O. The number of carbonyl (C=O) groups is 3. The van der Waals surface area contributed by atoms with Crippen LogP contribution in [0.1, 0.15) is 26.7 Å². The van der Waals surface area contributed by atoms with Gasteiger partial charge in [0.1, 0.15) is 18.1 Å². The summed E-state index contributed by atoms with van der Waals surface area (Å²) in [5.41, 5.74) is 15.8. The van der Waals surface area contributed by atoms with E-state index in [4.69, 9.17) is 27.4 Å². The van der Waals surface area contributed by atoms with Crippen molar-refractivity contribution in [1.29, 1.82) is 0 Å². The summed E-state index contributed by atoms with van der Waals surface area (Å²) in [6.45, 7) is 2.94. The zero-order valence-corrected chi connectivity index (χ0v) is 14.4. The van der Waals surface area contributed by atoms with Gasteiger partial charge in [-0.2, -0.15) is 0 Å². The molecular weight excluding hydrogens is 332 g/mol. The van der Waals surface area contributed by atoms with Crippen LogP contribution in [-0.2, 0) is 14.4 Å². The molecule has 0 heterocycles. The Balaban J connectivity index is 5.01. The number of nitrogens with two attached hydrogens (primary N) is 3. The van der Waals surface area contributed by atoms with Gasteiger partial charge in [-0.1, -0.05) is 13.8 Å². The summed E-state index contributed by atoms with van der Waals surface area (Å²) in [7, 11) is 0. The normalized spacial score (nSPS) is 14.3. The van der Waals surface area contributed by atoms with Crippen LogP contribution in [0.25, 0.3) is 0 Å². The minimum atomic E-state index is -1.19. The van der Waals surface area contributed by atoms with Crippen LogP contribution in [0.15, 0.2) is 4.99 Å². The zero-order chi connectivity index (χ0) is 19.6. The fourth-order valence-electron chi connectivity index (χ4n) is 1.90. The summed E-state index contributed by atoms with van der Waals surface area (Å²) in [5, 5.41) is 22.9. The number of carboxylic acid groups (broad SMARTS) is 1. The van der Waals surface area contributed by atoms with Crippen LogP contribution in [0.3, 0.4) is 0 Å². The number of aliphatic carboxylic acids is 1. The number of carboxylic acids is 1. The van der Waals surface area contributed by atoms with Crippen molar-refractivity contribution in [3.8, 4) is 0 Å². The van der Waals surface area contributed by atoms with E-state index in [1.807, 2.05) is 0 Å². The Morgan fingerprint density at radius 3 is 2.16 bits per heavy atom. The molecule has 0 aromatic heterocycles. The predicted octanol–water partition coefficient (Wildman–Crippen LogP) is -2.93.